The van der Waals surface area contributed by atoms with Gasteiger partial charge in [-0.15, -0.1) is 10.2 Å². The van der Waals surface area contributed by atoms with Crippen LogP contribution in [-0.2, 0) is 20.4 Å². The van der Waals surface area contributed by atoms with Crippen LogP contribution in [0, 0.1) is 5.92 Å². The monoisotopic (exact) mass is 532 g/mol. The number of carbonyl (C=O) groups is 2. The lowest BCUT2D eigenvalue weighted by atomic mass is 9.73. The number of amides is 2. The maximum atomic E-state index is 13.0. The fourth-order valence-corrected chi connectivity index (χ4v) is 4.15. The van der Waals surface area contributed by atoms with Crippen LogP contribution in [0.3, 0.4) is 0 Å². The minimum atomic E-state index is -0.764. The quantitative estimate of drug-likeness (QED) is 0.331. The Morgan fingerprint density at radius 2 is 1.78 bits per heavy atom. The molecule has 0 bridgehead atoms. The third kappa shape index (κ3) is 5.75. The largest absolute Gasteiger partial charge is 0.482 e. The number of rotatable bonds is 9. The molecule has 37 heavy (non-hydrogen) atoms. The van der Waals surface area contributed by atoms with E-state index in [2.05, 4.69) is 46.7 Å². The molecule has 0 fully saturated rings. The Kier molecular flexibility index (Phi) is 7.95. The summed E-state index contributed by atoms with van der Waals surface area (Å²) >= 11 is 6.59. The average molecular weight is 533 g/mol. The van der Waals surface area contributed by atoms with E-state index in [0.717, 1.165) is 5.69 Å². The molecule has 0 spiro atoms. The molecule has 0 aliphatic heterocycles. The van der Waals surface area contributed by atoms with E-state index in [0.29, 0.717) is 27.9 Å². The summed E-state index contributed by atoms with van der Waals surface area (Å²) < 4.78 is 7.52. The van der Waals surface area contributed by atoms with Crippen LogP contribution in [0.1, 0.15) is 66.9 Å². The average Bonchev–Trinajstić information content (AvgIpc) is 3.37. The number of fused-ring (bicyclic) bond motifs is 1. The second-order valence-electron chi connectivity index (χ2n) is 11.4. The molecule has 0 saturated heterocycles. The third-order valence-corrected chi connectivity index (χ3v) is 7.21. The Balaban J connectivity index is 1.76. The van der Waals surface area contributed by atoms with Gasteiger partial charge in [0.25, 0.3) is 5.91 Å². The zero-order valence-electron chi connectivity index (χ0n) is 22.7. The summed E-state index contributed by atoms with van der Waals surface area (Å²) in [6.45, 7) is 15.0. The van der Waals surface area contributed by atoms with Crippen molar-refractivity contribution in [3.05, 3.63) is 40.8 Å². The zero-order chi connectivity index (χ0) is 27.8. The molecule has 2 aromatic heterocycles. The Morgan fingerprint density at radius 1 is 1.14 bits per heavy atom. The molecular weight excluding hydrogens is 496 g/mol. The van der Waals surface area contributed by atoms with Gasteiger partial charge < -0.3 is 20.5 Å². The standard InChI is InChI=1S/C26H37ClN6O4/c1-15(13-34)22(36)28-16-11-9-10-12-17(16)37-14-18(35)29-26(7,8)25(5,6)23-31-30-21-19(27)20(24(2,3)4)32-33(21)23/h9-12,15,32,34H,13-14H2,1-8H3,(H,28,36)(H,29,35). The summed E-state index contributed by atoms with van der Waals surface area (Å²) in [7, 11) is 0. The van der Waals surface area contributed by atoms with Gasteiger partial charge in [-0.2, -0.15) is 0 Å². The zero-order valence-corrected chi connectivity index (χ0v) is 23.4. The van der Waals surface area contributed by atoms with Crippen molar-refractivity contribution in [1.29, 1.82) is 0 Å². The van der Waals surface area contributed by atoms with Gasteiger partial charge in [-0.05, 0) is 26.0 Å². The summed E-state index contributed by atoms with van der Waals surface area (Å²) in [4.78, 5) is 25.1. The van der Waals surface area contributed by atoms with Gasteiger partial charge in [-0.25, -0.2) is 4.52 Å². The van der Waals surface area contributed by atoms with Crippen molar-refractivity contribution >= 4 is 34.7 Å². The topological polar surface area (TPSA) is 134 Å². The van der Waals surface area contributed by atoms with E-state index >= 15 is 0 Å². The van der Waals surface area contributed by atoms with Gasteiger partial charge in [0.1, 0.15) is 10.8 Å². The molecule has 3 aromatic rings. The number of hydrogen-bond donors (Lipinski definition) is 4. The lowest BCUT2D eigenvalue weighted by Crippen LogP contribution is -2.57. The van der Waals surface area contributed by atoms with E-state index in [1.165, 1.54) is 0 Å². The molecular formula is C26H37ClN6O4. The Hall–Kier alpha value is -3.11. The number of aliphatic hydroxyl groups is 1. The predicted molar refractivity (Wildman–Crippen MR) is 143 cm³/mol. The molecule has 0 radical (unpaired) electrons. The van der Waals surface area contributed by atoms with Gasteiger partial charge in [0, 0.05) is 16.4 Å². The Morgan fingerprint density at radius 3 is 2.41 bits per heavy atom. The van der Waals surface area contributed by atoms with Gasteiger partial charge >= 0.3 is 0 Å². The van der Waals surface area contributed by atoms with Crippen LogP contribution in [-0.4, -0.2) is 55.5 Å². The minimum absolute atomic E-state index is 0.216. The maximum Gasteiger partial charge on any atom is 0.258 e. The number of benzene rings is 1. The maximum absolute atomic E-state index is 13.0. The molecule has 0 saturated carbocycles. The van der Waals surface area contributed by atoms with Crippen molar-refractivity contribution < 1.29 is 19.4 Å². The lowest BCUT2D eigenvalue weighted by molar-refractivity contribution is -0.125. The Labute approximate surface area is 222 Å². The van der Waals surface area contributed by atoms with E-state index in [1.54, 1.807) is 35.7 Å². The SMILES string of the molecule is CC(CO)C(=O)Nc1ccccc1OCC(=O)NC(C)(C)C(C)(C)c1nnc2c(Cl)c(C(C)(C)C)[nH]n12. The van der Waals surface area contributed by atoms with E-state index in [4.69, 9.17) is 16.3 Å². The van der Waals surface area contributed by atoms with Crippen molar-refractivity contribution in [2.45, 2.75) is 71.8 Å². The molecule has 0 aliphatic rings. The highest BCUT2D eigenvalue weighted by atomic mass is 35.5. The molecule has 2 amide bonds. The molecule has 2 heterocycles. The Bertz CT molecular complexity index is 1290. The van der Waals surface area contributed by atoms with Crippen molar-refractivity contribution in [2.75, 3.05) is 18.5 Å². The van der Waals surface area contributed by atoms with Gasteiger partial charge in [0.05, 0.1) is 23.9 Å². The minimum Gasteiger partial charge on any atom is -0.482 e. The number of aromatic amines is 1. The molecule has 202 valence electrons. The van der Waals surface area contributed by atoms with Crippen LogP contribution in [0.5, 0.6) is 5.75 Å². The lowest BCUT2D eigenvalue weighted by Gasteiger charge is -2.40. The molecule has 3 rings (SSSR count). The summed E-state index contributed by atoms with van der Waals surface area (Å²) in [5, 5.41) is 27.5. The fraction of sp³-hybridized carbons (Fsp3) is 0.538. The smallest absolute Gasteiger partial charge is 0.258 e. The molecule has 11 heteroatoms. The number of anilines is 1. The van der Waals surface area contributed by atoms with E-state index in [9.17, 15) is 14.7 Å². The number of halogens is 1. The number of para-hydroxylation sites is 2. The van der Waals surface area contributed by atoms with E-state index in [-0.39, 0.29) is 30.4 Å². The van der Waals surface area contributed by atoms with Crippen molar-refractivity contribution in [3.8, 4) is 5.75 Å². The third-order valence-electron chi connectivity index (χ3n) is 6.85. The number of ether oxygens (including phenoxy) is 1. The molecule has 1 atom stereocenters. The number of aromatic nitrogens is 4. The van der Waals surface area contributed by atoms with Crippen molar-refractivity contribution in [3.63, 3.8) is 0 Å². The van der Waals surface area contributed by atoms with Crippen molar-refractivity contribution in [2.24, 2.45) is 5.92 Å². The van der Waals surface area contributed by atoms with Gasteiger partial charge in [-0.3, -0.25) is 14.7 Å². The predicted octanol–water partition coefficient (Wildman–Crippen LogP) is 3.83. The second-order valence-corrected chi connectivity index (χ2v) is 11.8. The summed E-state index contributed by atoms with van der Waals surface area (Å²) in [5.41, 5.74) is 0.161. The van der Waals surface area contributed by atoms with Crippen LogP contribution in [0.2, 0.25) is 5.02 Å². The van der Waals surface area contributed by atoms with Crippen LogP contribution in [0.4, 0.5) is 5.69 Å². The first kappa shape index (κ1) is 28.5. The van der Waals surface area contributed by atoms with Gasteiger partial charge in [0.15, 0.2) is 18.1 Å². The summed E-state index contributed by atoms with van der Waals surface area (Å²) in [6.07, 6.45) is 0. The number of H-pyrrole nitrogens is 1. The molecule has 0 aliphatic carbocycles. The number of carbonyl (C=O) groups excluding carboxylic acids is 2. The van der Waals surface area contributed by atoms with Crippen molar-refractivity contribution in [1.82, 2.24) is 25.1 Å². The number of nitrogens with zero attached hydrogens (tertiary/aromatic N) is 3. The summed E-state index contributed by atoms with van der Waals surface area (Å²) in [6, 6.07) is 6.83. The molecule has 1 aromatic carbocycles. The van der Waals surface area contributed by atoms with E-state index < -0.39 is 16.9 Å². The van der Waals surface area contributed by atoms with E-state index in [1.807, 2.05) is 27.7 Å². The highest BCUT2D eigenvalue weighted by Crippen LogP contribution is 2.37. The highest BCUT2D eigenvalue weighted by Gasteiger charge is 2.44. The number of aliphatic hydroxyl groups excluding tert-OH is 1. The highest BCUT2D eigenvalue weighted by molar-refractivity contribution is 6.34. The number of hydrogen-bond acceptors (Lipinski definition) is 6. The van der Waals surface area contributed by atoms with Crippen LogP contribution in [0.25, 0.3) is 5.65 Å². The first-order valence-corrected chi connectivity index (χ1v) is 12.6. The fourth-order valence-electron chi connectivity index (χ4n) is 3.70. The molecule has 10 nitrogen and oxygen atoms in total. The molecule has 4 N–H and O–H groups in total. The number of nitrogens with one attached hydrogen (secondary N) is 3. The van der Waals surface area contributed by atoms with Crippen LogP contribution < -0.4 is 15.4 Å². The van der Waals surface area contributed by atoms with Crippen LogP contribution >= 0.6 is 11.6 Å². The van der Waals surface area contributed by atoms with Gasteiger partial charge in [-0.1, -0.05) is 65.3 Å². The first-order chi connectivity index (χ1) is 17.1. The normalized spacial score (nSPS) is 13.5. The molecule has 1 unspecified atom stereocenters. The van der Waals surface area contributed by atoms with Gasteiger partial charge in [0.2, 0.25) is 5.91 Å². The first-order valence-electron chi connectivity index (χ1n) is 12.2. The van der Waals surface area contributed by atoms with Crippen LogP contribution in [0.15, 0.2) is 24.3 Å². The summed E-state index contributed by atoms with van der Waals surface area (Å²) in [5.74, 6) is -0.287. The second kappa shape index (κ2) is 10.3.